The highest BCUT2D eigenvalue weighted by Crippen LogP contribution is 2.28. The maximum atomic E-state index is 13.0. The fourth-order valence-electron chi connectivity index (χ4n) is 3.82. The Morgan fingerprint density at radius 3 is 2.67 bits per heavy atom. The Hall–Kier alpha value is -2.89. The van der Waals surface area contributed by atoms with Gasteiger partial charge in [-0.05, 0) is 51.0 Å². The second kappa shape index (κ2) is 7.39. The van der Waals surface area contributed by atoms with Gasteiger partial charge in [0.1, 0.15) is 5.82 Å². The lowest BCUT2D eigenvalue weighted by Gasteiger charge is -2.33. The van der Waals surface area contributed by atoms with Gasteiger partial charge in [0.05, 0.1) is 6.33 Å². The van der Waals surface area contributed by atoms with Crippen LogP contribution in [0, 0.1) is 0 Å². The summed E-state index contributed by atoms with van der Waals surface area (Å²) in [4.78, 5) is 23.6. The maximum Gasteiger partial charge on any atom is 0.253 e. The average molecular weight is 363 g/mol. The van der Waals surface area contributed by atoms with E-state index in [-0.39, 0.29) is 5.91 Å². The van der Waals surface area contributed by atoms with Gasteiger partial charge in [-0.1, -0.05) is 0 Å². The zero-order valence-electron chi connectivity index (χ0n) is 15.8. The second-order valence-electron chi connectivity index (χ2n) is 7.39. The van der Waals surface area contributed by atoms with Crippen LogP contribution in [0.4, 0.5) is 0 Å². The maximum absolute atomic E-state index is 13.0. The monoisotopic (exact) mass is 363 g/mol. The first-order valence-corrected chi connectivity index (χ1v) is 9.54. The molecule has 4 rings (SSSR count). The molecule has 1 atom stereocenters. The van der Waals surface area contributed by atoms with Crippen LogP contribution < -0.4 is 0 Å². The molecule has 1 aliphatic rings. The van der Waals surface area contributed by atoms with E-state index in [1.165, 1.54) is 0 Å². The van der Waals surface area contributed by atoms with Gasteiger partial charge in [0.2, 0.25) is 0 Å². The second-order valence-corrected chi connectivity index (χ2v) is 7.39. The predicted molar refractivity (Wildman–Crippen MR) is 104 cm³/mol. The molecule has 0 bridgehead atoms. The van der Waals surface area contributed by atoms with Crippen LogP contribution in [-0.4, -0.2) is 43.0 Å². The van der Waals surface area contributed by atoms with Crippen molar-refractivity contribution in [1.29, 1.82) is 0 Å². The van der Waals surface area contributed by atoms with Crippen molar-refractivity contribution in [3.05, 3.63) is 66.8 Å². The van der Waals surface area contributed by atoms with E-state index in [0.717, 1.165) is 43.0 Å². The molecule has 1 saturated heterocycles. The number of amides is 1. The summed E-state index contributed by atoms with van der Waals surface area (Å²) >= 11 is 0. The summed E-state index contributed by atoms with van der Waals surface area (Å²) in [5, 5.41) is 0. The van der Waals surface area contributed by atoms with E-state index in [1.807, 2.05) is 52.3 Å². The van der Waals surface area contributed by atoms with E-state index in [0.29, 0.717) is 12.0 Å². The summed E-state index contributed by atoms with van der Waals surface area (Å²) in [7, 11) is 0. The van der Waals surface area contributed by atoms with E-state index in [2.05, 4.69) is 28.4 Å². The first-order chi connectivity index (χ1) is 13.1. The number of imidazole rings is 2. The quantitative estimate of drug-likeness (QED) is 0.711. The van der Waals surface area contributed by atoms with Crippen molar-refractivity contribution in [2.45, 2.75) is 38.6 Å². The molecule has 0 aliphatic carbocycles. The minimum Gasteiger partial charge on any atom is -0.338 e. The third-order valence-electron chi connectivity index (χ3n) is 5.25. The molecule has 27 heavy (non-hydrogen) atoms. The van der Waals surface area contributed by atoms with Gasteiger partial charge in [-0.3, -0.25) is 4.79 Å². The number of piperidine rings is 1. The number of aromatic nitrogens is 4. The molecule has 3 aromatic rings. The number of carbonyl (C=O) groups excluding carboxylic acids is 1. The molecule has 1 aliphatic heterocycles. The number of likely N-dealkylation sites (tertiary alicyclic amines) is 1. The summed E-state index contributed by atoms with van der Waals surface area (Å²) in [5.74, 6) is 1.49. The minimum absolute atomic E-state index is 0.0968. The zero-order chi connectivity index (χ0) is 18.8. The molecule has 1 unspecified atom stereocenters. The summed E-state index contributed by atoms with van der Waals surface area (Å²) in [6.45, 7) is 5.87. The van der Waals surface area contributed by atoms with Crippen LogP contribution in [0.5, 0.6) is 0 Å². The molecule has 0 radical (unpaired) electrons. The molecule has 6 heteroatoms. The highest BCUT2D eigenvalue weighted by Gasteiger charge is 2.28. The molecular formula is C21H25N5O. The van der Waals surface area contributed by atoms with Crippen molar-refractivity contribution in [1.82, 2.24) is 24.0 Å². The van der Waals surface area contributed by atoms with Gasteiger partial charge in [0.25, 0.3) is 5.91 Å². The van der Waals surface area contributed by atoms with Crippen molar-refractivity contribution in [3.8, 4) is 5.69 Å². The lowest BCUT2D eigenvalue weighted by Crippen LogP contribution is -2.39. The van der Waals surface area contributed by atoms with Gasteiger partial charge >= 0.3 is 0 Å². The van der Waals surface area contributed by atoms with Gasteiger partial charge in [0, 0.05) is 61.1 Å². The average Bonchev–Trinajstić information content (AvgIpc) is 3.39. The molecule has 2 aromatic heterocycles. The number of nitrogens with zero attached hydrogens (tertiary/aromatic N) is 5. The van der Waals surface area contributed by atoms with Crippen LogP contribution >= 0.6 is 0 Å². The number of rotatable bonds is 4. The third-order valence-corrected chi connectivity index (χ3v) is 5.25. The van der Waals surface area contributed by atoms with Crippen LogP contribution in [-0.2, 0) is 0 Å². The van der Waals surface area contributed by atoms with Crippen molar-refractivity contribution in [2.75, 3.05) is 13.1 Å². The van der Waals surface area contributed by atoms with Crippen LogP contribution in [0.25, 0.3) is 5.69 Å². The van der Waals surface area contributed by atoms with E-state index >= 15 is 0 Å². The summed E-state index contributed by atoms with van der Waals surface area (Å²) in [6, 6.07) is 8.10. The molecule has 1 fully saturated rings. The Kier molecular flexibility index (Phi) is 4.79. The topological polar surface area (TPSA) is 56.0 Å². The molecule has 0 N–H and O–H groups in total. The molecule has 3 heterocycles. The van der Waals surface area contributed by atoms with Crippen molar-refractivity contribution in [3.63, 3.8) is 0 Å². The Labute approximate surface area is 159 Å². The first kappa shape index (κ1) is 17.5. The summed E-state index contributed by atoms with van der Waals surface area (Å²) in [6.07, 6.45) is 11.4. The van der Waals surface area contributed by atoms with E-state index in [4.69, 9.17) is 0 Å². The number of hydrogen-bond donors (Lipinski definition) is 0. The highest BCUT2D eigenvalue weighted by atomic mass is 16.2. The number of carbonyl (C=O) groups is 1. The standard InChI is InChI=1S/C21H25N5O/c1-16(2)26-13-10-23-20(26)18-4-3-11-24(14-18)21(27)17-5-7-19(8-6-17)25-12-9-22-15-25/h5-10,12-13,15-16,18H,3-4,11,14H2,1-2H3. The SMILES string of the molecule is CC(C)n1ccnc1C1CCCN(C(=O)c2ccc(-n3ccnc3)cc2)C1. The van der Waals surface area contributed by atoms with Crippen LogP contribution in [0.2, 0.25) is 0 Å². The smallest absolute Gasteiger partial charge is 0.253 e. The molecule has 1 amide bonds. The van der Waals surface area contributed by atoms with Gasteiger partial charge < -0.3 is 14.0 Å². The fraction of sp³-hybridized carbons (Fsp3) is 0.381. The lowest BCUT2D eigenvalue weighted by molar-refractivity contribution is 0.0703. The molecular weight excluding hydrogens is 338 g/mol. The molecule has 1 aromatic carbocycles. The number of hydrogen-bond acceptors (Lipinski definition) is 3. The predicted octanol–water partition coefficient (Wildman–Crippen LogP) is 3.67. The summed E-state index contributed by atoms with van der Waals surface area (Å²) in [5.41, 5.74) is 1.73. The highest BCUT2D eigenvalue weighted by molar-refractivity contribution is 5.94. The normalized spacial score (nSPS) is 17.4. The Bertz CT molecular complexity index is 895. The van der Waals surface area contributed by atoms with Gasteiger partial charge in [-0.15, -0.1) is 0 Å². The molecule has 0 saturated carbocycles. The third kappa shape index (κ3) is 3.52. The molecule has 140 valence electrons. The fourth-order valence-corrected chi connectivity index (χ4v) is 3.82. The van der Waals surface area contributed by atoms with Crippen molar-refractivity contribution < 1.29 is 4.79 Å². The van der Waals surface area contributed by atoms with E-state index in [1.54, 1.807) is 12.5 Å². The largest absolute Gasteiger partial charge is 0.338 e. The van der Waals surface area contributed by atoms with Crippen LogP contribution in [0.3, 0.4) is 0 Å². The Morgan fingerprint density at radius 2 is 1.96 bits per heavy atom. The van der Waals surface area contributed by atoms with E-state index in [9.17, 15) is 4.79 Å². The molecule has 6 nitrogen and oxygen atoms in total. The lowest BCUT2D eigenvalue weighted by atomic mass is 9.96. The zero-order valence-corrected chi connectivity index (χ0v) is 15.8. The van der Waals surface area contributed by atoms with Crippen LogP contribution in [0.15, 0.2) is 55.4 Å². The van der Waals surface area contributed by atoms with Crippen molar-refractivity contribution >= 4 is 5.91 Å². The summed E-state index contributed by atoms with van der Waals surface area (Å²) < 4.78 is 4.15. The Balaban J connectivity index is 1.49. The van der Waals surface area contributed by atoms with E-state index < -0.39 is 0 Å². The van der Waals surface area contributed by atoms with Gasteiger partial charge in [-0.25, -0.2) is 9.97 Å². The first-order valence-electron chi connectivity index (χ1n) is 9.54. The van der Waals surface area contributed by atoms with Crippen LogP contribution in [0.1, 0.15) is 54.8 Å². The number of benzene rings is 1. The molecule has 0 spiro atoms. The Morgan fingerprint density at radius 1 is 1.15 bits per heavy atom. The van der Waals surface area contributed by atoms with Gasteiger partial charge in [-0.2, -0.15) is 0 Å². The minimum atomic E-state index is 0.0968. The van der Waals surface area contributed by atoms with Gasteiger partial charge in [0.15, 0.2) is 0 Å². The van der Waals surface area contributed by atoms with Crippen molar-refractivity contribution in [2.24, 2.45) is 0 Å².